The summed E-state index contributed by atoms with van der Waals surface area (Å²) in [7, 11) is 6.46. The Morgan fingerprint density at radius 2 is 1.84 bits per heavy atom. The number of hydroxylamine groups is 1. The number of nitrogens with zero attached hydrogens (tertiary/aromatic N) is 1. The van der Waals surface area contributed by atoms with Crippen molar-refractivity contribution >= 4 is 6.21 Å². The third kappa shape index (κ3) is 1.88. The molecule has 1 unspecified atom stereocenters. The fraction of sp³-hybridized carbons (Fsp3) is 0.957. The molecule has 3 N–H and O–H groups in total. The van der Waals surface area contributed by atoms with Crippen molar-refractivity contribution in [2.75, 3.05) is 35.0 Å². The van der Waals surface area contributed by atoms with Crippen LogP contribution in [0.3, 0.4) is 0 Å². The summed E-state index contributed by atoms with van der Waals surface area (Å²) in [5.41, 5.74) is -5.13. The average Bonchev–Trinajstić information content (AvgIpc) is 3.21. The third-order valence-corrected chi connectivity index (χ3v) is 10.9. The molecule has 0 amide bonds. The highest BCUT2D eigenvalue weighted by atomic mass is 16.5. The summed E-state index contributed by atoms with van der Waals surface area (Å²) in [6, 6.07) is -0.937. The molecule has 6 rings (SSSR count). The molecule has 1 heterocycles. The van der Waals surface area contributed by atoms with Crippen LogP contribution in [0.25, 0.3) is 0 Å². The van der Waals surface area contributed by atoms with E-state index < -0.39 is 34.2 Å². The van der Waals surface area contributed by atoms with E-state index in [0.717, 1.165) is 4.74 Å². The number of aliphatic hydroxyl groups excluding tert-OH is 1. The van der Waals surface area contributed by atoms with Crippen molar-refractivity contribution < 1.29 is 39.0 Å². The van der Waals surface area contributed by atoms with Gasteiger partial charge in [-0.15, -0.1) is 0 Å². The highest BCUT2D eigenvalue weighted by Crippen LogP contribution is 2.79. The Hall–Kier alpha value is -0.810. The lowest BCUT2D eigenvalue weighted by molar-refractivity contribution is -0.576. The van der Waals surface area contributed by atoms with Crippen LogP contribution in [0.5, 0.6) is 0 Å². The summed E-state index contributed by atoms with van der Waals surface area (Å²) in [6.45, 7) is -0.217. The molecule has 5 aliphatic carbocycles. The summed E-state index contributed by atoms with van der Waals surface area (Å²) in [5, 5.41) is 49.5. The van der Waals surface area contributed by atoms with Gasteiger partial charge >= 0.3 is 0 Å². The standard InChI is InChI=1S/C23H35NO8/c1-29-13-8-21(26)15-12(7-11(13)16(15)31-3)22-14(30-2)5-6-20(10-25)9-24(28)19(22)23(21,27)18(32-4)17(20)22/h9,11-19,25-27H,5-8,10H2,1-4H3/t11-,12-,13+,14+,15-,16+,17-,18+,19?,20+,21-,22+,23+/m1/s1. The largest absolute Gasteiger partial charge is 0.624 e. The minimum absolute atomic E-state index is 0.0476. The predicted molar refractivity (Wildman–Crippen MR) is 111 cm³/mol. The SMILES string of the molecule is CO[C@H]1[C@@H]2C[C@@H]3[C@H]1[C@](O)(C[C@@H]2OC)[C@@]1(O)C2[N+]([O-])=C[C@]4(CO)CC[C@H](OC)[C@@]23[C@@H]4[C@@H]1OC. The Balaban J connectivity index is 1.70. The summed E-state index contributed by atoms with van der Waals surface area (Å²) < 4.78 is 24.7. The molecule has 9 nitrogen and oxygen atoms in total. The topological polar surface area (TPSA) is 124 Å². The van der Waals surface area contributed by atoms with Gasteiger partial charge in [-0.25, -0.2) is 4.74 Å². The van der Waals surface area contributed by atoms with Gasteiger partial charge in [0.15, 0.2) is 11.8 Å². The van der Waals surface area contributed by atoms with E-state index >= 15 is 0 Å². The van der Waals surface area contributed by atoms with Gasteiger partial charge < -0.3 is 39.5 Å². The van der Waals surface area contributed by atoms with Gasteiger partial charge in [0.25, 0.3) is 0 Å². The van der Waals surface area contributed by atoms with Gasteiger partial charge in [0.1, 0.15) is 11.7 Å². The molecule has 32 heavy (non-hydrogen) atoms. The molecule has 13 atom stereocenters. The molecule has 1 aliphatic heterocycles. The summed E-state index contributed by atoms with van der Waals surface area (Å²) >= 11 is 0. The lowest BCUT2D eigenvalue weighted by Gasteiger charge is -2.64. The van der Waals surface area contributed by atoms with Crippen LogP contribution in [0.1, 0.15) is 25.7 Å². The van der Waals surface area contributed by atoms with Crippen LogP contribution in [-0.2, 0) is 18.9 Å². The van der Waals surface area contributed by atoms with Crippen LogP contribution in [0.2, 0.25) is 0 Å². The molecule has 0 radical (unpaired) electrons. The van der Waals surface area contributed by atoms with Crippen molar-refractivity contribution in [2.24, 2.45) is 34.5 Å². The maximum atomic E-state index is 13.8. The van der Waals surface area contributed by atoms with E-state index in [1.165, 1.54) is 7.11 Å². The van der Waals surface area contributed by atoms with Crippen LogP contribution >= 0.6 is 0 Å². The number of hydrogen-bond acceptors (Lipinski definition) is 8. The number of rotatable bonds is 5. The maximum Gasteiger partial charge on any atom is 0.205 e. The molecule has 1 spiro atoms. The first-order chi connectivity index (χ1) is 15.3. The van der Waals surface area contributed by atoms with Gasteiger partial charge in [0.05, 0.1) is 35.7 Å². The fourth-order valence-electron chi connectivity index (χ4n) is 10.3. The average molecular weight is 454 g/mol. The van der Waals surface area contributed by atoms with Gasteiger partial charge in [-0.3, -0.25) is 0 Å². The molecule has 0 aromatic heterocycles. The fourth-order valence-corrected chi connectivity index (χ4v) is 10.3. The minimum Gasteiger partial charge on any atom is -0.624 e. The van der Waals surface area contributed by atoms with Crippen molar-refractivity contribution in [2.45, 2.75) is 67.3 Å². The first-order valence-electron chi connectivity index (χ1n) is 11.7. The number of ether oxygens (including phenoxy) is 4. The number of aliphatic hydroxyl groups is 3. The lowest BCUT2D eigenvalue weighted by Crippen LogP contribution is -2.80. The first-order valence-corrected chi connectivity index (χ1v) is 11.7. The summed E-state index contributed by atoms with van der Waals surface area (Å²) in [6.07, 6.45) is 1.94. The molecule has 7 bridgehead atoms. The van der Waals surface area contributed by atoms with Crippen molar-refractivity contribution in [3.05, 3.63) is 5.21 Å². The molecule has 9 heteroatoms. The smallest absolute Gasteiger partial charge is 0.205 e. The quantitative estimate of drug-likeness (QED) is 0.377. The molecule has 5 fully saturated rings. The predicted octanol–water partition coefficient (Wildman–Crippen LogP) is -0.470. The van der Waals surface area contributed by atoms with E-state index in [9.17, 15) is 20.5 Å². The van der Waals surface area contributed by atoms with E-state index in [0.29, 0.717) is 19.3 Å². The lowest BCUT2D eigenvalue weighted by atomic mass is 9.44. The van der Waals surface area contributed by atoms with Gasteiger partial charge in [0.2, 0.25) is 6.04 Å². The van der Waals surface area contributed by atoms with E-state index in [4.69, 9.17) is 18.9 Å². The zero-order valence-electron chi connectivity index (χ0n) is 19.1. The second-order valence-corrected chi connectivity index (χ2v) is 11.1. The van der Waals surface area contributed by atoms with Crippen molar-refractivity contribution in [1.29, 1.82) is 0 Å². The Kier molecular flexibility index (Phi) is 4.37. The molecule has 0 saturated heterocycles. The Labute approximate surface area is 187 Å². The number of methoxy groups -OCH3 is 4. The van der Waals surface area contributed by atoms with Crippen LogP contribution < -0.4 is 0 Å². The van der Waals surface area contributed by atoms with E-state index in [1.54, 1.807) is 27.5 Å². The highest BCUT2D eigenvalue weighted by molar-refractivity contribution is 5.66. The summed E-state index contributed by atoms with van der Waals surface area (Å²) in [4.78, 5) is 0. The third-order valence-electron chi connectivity index (χ3n) is 10.9. The van der Waals surface area contributed by atoms with E-state index in [-0.39, 0.29) is 55.0 Å². The molecular formula is C23H35NO8. The Morgan fingerprint density at radius 3 is 2.44 bits per heavy atom. The Morgan fingerprint density at radius 1 is 1.09 bits per heavy atom. The molecule has 6 aliphatic rings. The summed E-state index contributed by atoms with van der Waals surface area (Å²) in [5.74, 6) is -0.835. The second-order valence-electron chi connectivity index (χ2n) is 11.1. The van der Waals surface area contributed by atoms with Crippen molar-refractivity contribution in [3.8, 4) is 0 Å². The first kappa shape index (κ1) is 21.7. The van der Waals surface area contributed by atoms with Crippen LogP contribution in [0, 0.1) is 39.7 Å². The molecule has 180 valence electrons. The van der Waals surface area contributed by atoms with Gasteiger partial charge in [0, 0.05) is 52.6 Å². The van der Waals surface area contributed by atoms with Crippen molar-refractivity contribution in [1.82, 2.24) is 0 Å². The van der Waals surface area contributed by atoms with Crippen LogP contribution in [0.4, 0.5) is 0 Å². The monoisotopic (exact) mass is 453 g/mol. The highest BCUT2D eigenvalue weighted by Gasteiger charge is 2.93. The second kappa shape index (κ2) is 6.44. The van der Waals surface area contributed by atoms with Crippen molar-refractivity contribution in [3.63, 3.8) is 0 Å². The number of fused-ring (bicyclic) bond motifs is 2. The number of hydrogen-bond donors (Lipinski definition) is 3. The van der Waals surface area contributed by atoms with Gasteiger partial charge in [-0.1, -0.05) is 0 Å². The van der Waals surface area contributed by atoms with Gasteiger partial charge in [-0.05, 0) is 25.2 Å². The molecule has 5 saturated carbocycles. The minimum atomic E-state index is -1.87. The normalized spacial score (nSPS) is 61.6. The van der Waals surface area contributed by atoms with Crippen LogP contribution in [0.15, 0.2) is 0 Å². The van der Waals surface area contributed by atoms with E-state index in [1.807, 2.05) is 0 Å². The molecular weight excluding hydrogens is 418 g/mol. The van der Waals surface area contributed by atoms with Crippen LogP contribution in [-0.4, -0.2) is 103 Å². The molecule has 0 aromatic rings. The molecule has 0 aromatic carbocycles. The maximum absolute atomic E-state index is 13.8. The van der Waals surface area contributed by atoms with E-state index in [2.05, 4.69) is 0 Å². The van der Waals surface area contributed by atoms with Gasteiger partial charge in [-0.2, -0.15) is 0 Å². The zero-order valence-corrected chi connectivity index (χ0v) is 19.1. The zero-order chi connectivity index (χ0) is 22.8. The Bertz CT molecular complexity index is 854.